The highest BCUT2D eigenvalue weighted by molar-refractivity contribution is 7.99. The summed E-state index contributed by atoms with van der Waals surface area (Å²) in [5.41, 5.74) is 0.808. The molecule has 2 fully saturated rings. The molecule has 2 aliphatic rings. The number of anilines is 1. The lowest BCUT2D eigenvalue weighted by atomic mass is 10.1. The van der Waals surface area contributed by atoms with Crippen LogP contribution in [0, 0.1) is 5.92 Å². The van der Waals surface area contributed by atoms with E-state index in [-0.39, 0.29) is 17.7 Å². The van der Waals surface area contributed by atoms with Crippen LogP contribution in [0.5, 0.6) is 0 Å². The number of carbonyl (C=O) groups is 2. The van der Waals surface area contributed by atoms with Gasteiger partial charge in [-0.1, -0.05) is 54.9 Å². The van der Waals surface area contributed by atoms with Gasteiger partial charge in [-0.3, -0.25) is 9.59 Å². The van der Waals surface area contributed by atoms with Gasteiger partial charge >= 0.3 is 0 Å². The number of carbonyl (C=O) groups excluding carboxylic acids is 2. The van der Waals surface area contributed by atoms with Crippen LogP contribution in [0.4, 0.5) is 5.69 Å². The Balaban J connectivity index is 1.43. The van der Waals surface area contributed by atoms with Crippen LogP contribution >= 0.6 is 11.8 Å². The fourth-order valence-electron chi connectivity index (χ4n) is 3.99. The van der Waals surface area contributed by atoms with Crippen LogP contribution in [-0.4, -0.2) is 29.3 Å². The van der Waals surface area contributed by atoms with Crippen molar-refractivity contribution < 1.29 is 9.59 Å². The monoisotopic (exact) mass is 380 g/mol. The van der Waals surface area contributed by atoms with Crippen LogP contribution < -0.4 is 5.32 Å². The smallest absolute Gasteiger partial charge is 0.229 e. The third kappa shape index (κ3) is 4.19. The maximum absolute atomic E-state index is 12.8. The van der Waals surface area contributed by atoms with E-state index in [1.165, 1.54) is 12.8 Å². The summed E-state index contributed by atoms with van der Waals surface area (Å²) in [4.78, 5) is 29.3. The number of hydrogen-bond acceptors (Lipinski definition) is 3. The molecule has 1 N–H and O–H groups in total. The molecule has 1 saturated carbocycles. The molecule has 0 aromatic heterocycles. The maximum atomic E-state index is 12.8. The molecule has 5 heteroatoms. The van der Waals surface area contributed by atoms with E-state index in [9.17, 15) is 9.59 Å². The van der Waals surface area contributed by atoms with Crippen LogP contribution in [0.3, 0.4) is 0 Å². The molecular weight excluding hydrogens is 356 g/mol. The van der Waals surface area contributed by atoms with E-state index in [1.807, 2.05) is 47.4 Å². The van der Waals surface area contributed by atoms with Crippen LogP contribution in [0.2, 0.25) is 0 Å². The molecule has 1 aliphatic heterocycles. The van der Waals surface area contributed by atoms with Crippen molar-refractivity contribution >= 4 is 29.3 Å². The summed E-state index contributed by atoms with van der Waals surface area (Å²) in [5, 5.41) is 3.07. The Kier molecular flexibility index (Phi) is 5.48. The van der Waals surface area contributed by atoms with E-state index in [0.29, 0.717) is 19.0 Å². The summed E-state index contributed by atoms with van der Waals surface area (Å²) in [7, 11) is 0. The summed E-state index contributed by atoms with van der Waals surface area (Å²) >= 11 is 1.63. The van der Waals surface area contributed by atoms with E-state index in [2.05, 4.69) is 17.4 Å². The molecule has 0 spiro atoms. The van der Waals surface area contributed by atoms with Crippen molar-refractivity contribution in [3.63, 3.8) is 0 Å². The van der Waals surface area contributed by atoms with Gasteiger partial charge in [-0.05, 0) is 37.1 Å². The predicted molar refractivity (Wildman–Crippen MR) is 108 cm³/mol. The molecule has 27 heavy (non-hydrogen) atoms. The SMILES string of the molecule is O=C(Nc1ccccc1Sc1ccccc1)C1CC(=O)N(C2CCCC2)C1. The zero-order chi connectivity index (χ0) is 18.6. The van der Waals surface area contributed by atoms with E-state index in [1.54, 1.807) is 11.8 Å². The van der Waals surface area contributed by atoms with Gasteiger partial charge in [-0.2, -0.15) is 0 Å². The van der Waals surface area contributed by atoms with Crippen molar-refractivity contribution in [2.75, 3.05) is 11.9 Å². The second-order valence-corrected chi connectivity index (χ2v) is 8.40. The minimum Gasteiger partial charge on any atom is -0.339 e. The number of benzene rings is 2. The van der Waals surface area contributed by atoms with Crippen LogP contribution in [-0.2, 0) is 9.59 Å². The van der Waals surface area contributed by atoms with Crippen molar-refractivity contribution in [3.05, 3.63) is 54.6 Å². The average molecular weight is 381 g/mol. The average Bonchev–Trinajstić information content (AvgIpc) is 3.33. The number of rotatable bonds is 5. The van der Waals surface area contributed by atoms with Gasteiger partial charge in [0, 0.05) is 28.8 Å². The normalized spacial score (nSPS) is 20.2. The van der Waals surface area contributed by atoms with Crippen LogP contribution in [0.15, 0.2) is 64.4 Å². The molecule has 1 heterocycles. The minimum atomic E-state index is -0.257. The zero-order valence-electron chi connectivity index (χ0n) is 15.3. The Hall–Kier alpha value is -2.27. The first-order valence-electron chi connectivity index (χ1n) is 9.63. The van der Waals surface area contributed by atoms with E-state index < -0.39 is 0 Å². The lowest BCUT2D eigenvalue weighted by Gasteiger charge is -2.24. The predicted octanol–water partition coefficient (Wildman–Crippen LogP) is 4.57. The lowest BCUT2D eigenvalue weighted by Crippen LogP contribution is -2.35. The number of hydrogen-bond donors (Lipinski definition) is 1. The lowest BCUT2D eigenvalue weighted by molar-refractivity contribution is -0.129. The molecule has 4 rings (SSSR count). The van der Waals surface area contributed by atoms with Gasteiger partial charge in [0.1, 0.15) is 0 Å². The second kappa shape index (κ2) is 8.17. The van der Waals surface area contributed by atoms with Crippen molar-refractivity contribution in [1.29, 1.82) is 0 Å². The molecule has 2 amide bonds. The van der Waals surface area contributed by atoms with Gasteiger partial charge in [0.15, 0.2) is 0 Å². The largest absolute Gasteiger partial charge is 0.339 e. The fraction of sp³-hybridized carbons (Fsp3) is 0.364. The molecule has 1 unspecified atom stereocenters. The zero-order valence-corrected chi connectivity index (χ0v) is 16.1. The van der Waals surface area contributed by atoms with Crippen molar-refractivity contribution in [1.82, 2.24) is 4.90 Å². The van der Waals surface area contributed by atoms with Gasteiger partial charge in [-0.25, -0.2) is 0 Å². The third-order valence-electron chi connectivity index (χ3n) is 5.41. The van der Waals surface area contributed by atoms with Crippen molar-refractivity contribution in [3.8, 4) is 0 Å². The quantitative estimate of drug-likeness (QED) is 0.827. The van der Waals surface area contributed by atoms with Crippen LogP contribution in [0.25, 0.3) is 0 Å². The molecular formula is C22H24N2O2S. The Morgan fingerprint density at radius 1 is 1.00 bits per heavy atom. The fourth-order valence-corrected chi connectivity index (χ4v) is 4.91. The number of nitrogens with one attached hydrogen (secondary N) is 1. The molecule has 2 aromatic carbocycles. The first-order chi connectivity index (χ1) is 13.2. The molecule has 1 aliphatic carbocycles. The topological polar surface area (TPSA) is 49.4 Å². The summed E-state index contributed by atoms with van der Waals surface area (Å²) in [5.74, 6) is -0.174. The molecule has 0 bridgehead atoms. The molecule has 2 aromatic rings. The highest BCUT2D eigenvalue weighted by Crippen LogP contribution is 2.34. The second-order valence-electron chi connectivity index (χ2n) is 7.29. The van der Waals surface area contributed by atoms with Gasteiger partial charge in [-0.15, -0.1) is 0 Å². The van der Waals surface area contributed by atoms with Gasteiger partial charge in [0.05, 0.1) is 11.6 Å². The molecule has 140 valence electrons. The molecule has 1 saturated heterocycles. The number of amides is 2. The van der Waals surface area contributed by atoms with Crippen LogP contribution in [0.1, 0.15) is 32.1 Å². The Bertz CT molecular complexity index is 818. The Labute approximate surface area is 164 Å². The Morgan fingerprint density at radius 3 is 2.48 bits per heavy atom. The van der Waals surface area contributed by atoms with E-state index in [0.717, 1.165) is 28.3 Å². The molecule has 0 radical (unpaired) electrons. The summed E-state index contributed by atoms with van der Waals surface area (Å²) < 4.78 is 0. The van der Waals surface area contributed by atoms with Crippen molar-refractivity contribution in [2.45, 2.75) is 47.9 Å². The van der Waals surface area contributed by atoms with Gasteiger partial charge in [0.25, 0.3) is 0 Å². The molecule has 1 atom stereocenters. The minimum absolute atomic E-state index is 0.0510. The first-order valence-corrected chi connectivity index (χ1v) is 10.4. The standard InChI is InChI=1S/C22H24N2O2S/c25-21-14-16(15-24(21)17-8-4-5-9-17)22(26)23-19-12-6-7-13-20(19)27-18-10-2-1-3-11-18/h1-3,6-7,10-13,16-17H,4-5,8-9,14-15H2,(H,23,26). The van der Waals surface area contributed by atoms with Gasteiger partial charge < -0.3 is 10.2 Å². The first kappa shape index (κ1) is 18.1. The van der Waals surface area contributed by atoms with Crippen molar-refractivity contribution in [2.24, 2.45) is 5.92 Å². The maximum Gasteiger partial charge on any atom is 0.229 e. The highest BCUT2D eigenvalue weighted by atomic mass is 32.2. The summed E-state index contributed by atoms with van der Waals surface area (Å²) in [6, 6.07) is 18.3. The highest BCUT2D eigenvalue weighted by Gasteiger charge is 2.38. The number of nitrogens with zero attached hydrogens (tertiary/aromatic N) is 1. The van der Waals surface area contributed by atoms with E-state index in [4.69, 9.17) is 0 Å². The number of likely N-dealkylation sites (tertiary alicyclic amines) is 1. The van der Waals surface area contributed by atoms with E-state index >= 15 is 0 Å². The third-order valence-corrected chi connectivity index (χ3v) is 6.49. The van der Waals surface area contributed by atoms with Gasteiger partial charge in [0.2, 0.25) is 11.8 Å². The summed E-state index contributed by atoms with van der Waals surface area (Å²) in [6.45, 7) is 0.559. The Morgan fingerprint density at radius 2 is 1.70 bits per heavy atom. The molecule has 4 nitrogen and oxygen atoms in total. The number of para-hydroxylation sites is 1. The summed E-state index contributed by atoms with van der Waals surface area (Å²) in [6.07, 6.45) is 4.87.